The molecule has 1 saturated heterocycles. The molecule has 0 aliphatic carbocycles. The highest BCUT2D eigenvalue weighted by molar-refractivity contribution is 5.76. The number of carbonyl (C=O) groups excluding carboxylic acids is 1. The Hall–Kier alpha value is -1.59. The first-order valence-electron chi connectivity index (χ1n) is 36.2. The Balaban J connectivity index is 2.09. The lowest BCUT2D eigenvalue weighted by Crippen LogP contribution is -2.60. The summed E-state index contributed by atoms with van der Waals surface area (Å²) in [5.74, 6) is -0.169. The summed E-state index contributed by atoms with van der Waals surface area (Å²) in [5.41, 5.74) is 0. The normalized spacial score (nSPS) is 18.5. The molecule has 0 aromatic rings. The average molecular weight is 1160 g/mol. The number of nitrogens with one attached hydrogen (secondary N) is 1. The van der Waals surface area contributed by atoms with E-state index in [1.807, 2.05) is 6.08 Å². The minimum atomic E-state index is -1.57. The summed E-state index contributed by atoms with van der Waals surface area (Å²) in [6.45, 7) is 3.82. The zero-order chi connectivity index (χ0) is 59.3. The van der Waals surface area contributed by atoms with Crippen molar-refractivity contribution in [1.82, 2.24) is 5.32 Å². The Morgan fingerprint density at radius 3 is 1.05 bits per heavy atom. The van der Waals surface area contributed by atoms with Gasteiger partial charge in [-0.3, -0.25) is 4.79 Å². The van der Waals surface area contributed by atoms with Crippen molar-refractivity contribution < 1.29 is 39.8 Å². The first-order valence-corrected chi connectivity index (χ1v) is 36.2. The lowest BCUT2D eigenvalue weighted by Gasteiger charge is -2.40. The summed E-state index contributed by atoms with van der Waals surface area (Å²) in [7, 11) is 0. The van der Waals surface area contributed by atoms with E-state index in [1.165, 1.54) is 302 Å². The van der Waals surface area contributed by atoms with Crippen molar-refractivity contribution in [2.75, 3.05) is 13.2 Å². The van der Waals surface area contributed by atoms with Gasteiger partial charge in [-0.25, -0.2) is 0 Å². The van der Waals surface area contributed by atoms with Crippen LogP contribution in [0.3, 0.4) is 0 Å². The van der Waals surface area contributed by atoms with Crippen molar-refractivity contribution in [3.05, 3.63) is 36.5 Å². The highest BCUT2D eigenvalue weighted by Crippen LogP contribution is 2.24. The average Bonchev–Trinajstić information content (AvgIpc) is 3.52. The summed E-state index contributed by atoms with van der Waals surface area (Å²) in [6.07, 6.45) is 76.9. The fourth-order valence-electron chi connectivity index (χ4n) is 11.8. The Kier molecular flexibility index (Phi) is 59.7. The molecule has 0 saturated carbocycles. The fraction of sp³-hybridized carbons (Fsp3) is 0.904. The molecular weight excluding hydrogens is 1020 g/mol. The Labute approximate surface area is 508 Å². The zero-order valence-electron chi connectivity index (χ0n) is 54.3. The predicted octanol–water partition coefficient (Wildman–Crippen LogP) is 19.8. The van der Waals surface area contributed by atoms with Crippen LogP contribution in [0, 0.1) is 0 Å². The first kappa shape index (κ1) is 78.4. The van der Waals surface area contributed by atoms with Gasteiger partial charge in [0.15, 0.2) is 6.29 Å². The number of carbonyl (C=O) groups is 1. The van der Waals surface area contributed by atoms with Crippen LogP contribution >= 0.6 is 0 Å². The van der Waals surface area contributed by atoms with Gasteiger partial charge >= 0.3 is 0 Å². The molecule has 9 nitrogen and oxygen atoms in total. The Bertz CT molecular complexity index is 1390. The van der Waals surface area contributed by atoms with Crippen molar-refractivity contribution in [2.45, 2.75) is 410 Å². The van der Waals surface area contributed by atoms with Crippen LogP contribution in [0.15, 0.2) is 36.5 Å². The van der Waals surface area contributed by atoms with Crippen LogP contribution in [-0.2, 0) is 14.3 Å². The van der Waals surface area contributed by atoms with E-state index in [9.17, 15) is 30.3 Å². The molecule has 1 heterocycles. The van der Waals surface area contributed by atoms with Crippen molar-refractivity contribution in [3.8, 4) is 0 Å². The molecule has 1 aliphatic rings. The number of unbranched alkanes of at least 4 members (excludes halogenated alkanes) is 50. The number of aliphatic hydroxyl groups excluding tert-OH is 5. The number of hydrogen-bond acceptors (Lipinski definition) is 8. The lowest BCUT2D eigenvalue weighted by atomic mass is 9.99. The van der Waals surface area contributed by atoms with Crippen LogP contribution in [0.25, 0.3) is 0 Å². The zero-order valence-corrected chi connectivity index (χ0v) is 54.3. The summed E-state index contributed by atoms with van der Waals surface area (Å²) < 4.78 is 11.3. The second-order valence-corrected chi connectivity index (χ2v) is 25.4. The van der Waals surface area contributed by atoms with E-state index in [4.69, 9.17) is 9.47 Å². The number of amides is 1. The van der Waals surface area contributed by atoms with E-state index in [0.29, 0.717) is 6.42 Å². The number of aliphatic hydroxyl groups is 5. The van der Waals surface area contributed by atoms with Gasteiger partial charge in [-0.15, -0.1) is 0 Å². The van der Waals surface area contributed by atoms with Crippen LogP contribution in [0.1, 0.15) is 367 Å². The maximum absolute atomic E-state index is 13.1. The molecule has 7 unspecified atom stereocenters. The second-order valence-electron chi connectivity index (χ2n) is 25.4. The van der Waals surface area contributed by atoms with Gasteiger partial charge in [0.25, 0.3) is 0 Å². The van der Waals surface area contributed by atoms with E-state index in [-0.39, 0.29) is 12.5 Å². The van der Waals surface area contributed by atoms with Crippen LogP contribution in [-0.4, -0.2) is 87.5 Å². The van der Waals surface area contributed by atoms with Crippen molar-refractivity contribution in [3.63, 3.8) is 0 Å². The molecule has 0 spiro atoms. The molecular formula is C73H139NO8. The Morgan fingerprint density at radius 2 is 0.720 bits per heavy atom. The monoisotopic (exact) mass is 1160 g/mol. The quantitative estimate of drug-likeness (QED) is 0.0261. The number of hydrogen-bond donors (Lipinski definition) is 6. The fourth-order valence-corrected chi connectivity index (χ4v) is 11.8. The highest BCUT2D eigenvalue weighted by Gasteiger charge is 2.44. The van der Waals surface area contributed by atoms with Gasteiger partial charge in [-0.2, -0.15) is 0 Å². The molecule has 9 heteroatoms. The third-order valence-corrected chi connectivity index (χ3v) is 17.5. The SMILES string of the molecule is CCCCCCC/C=C\C/C=C\CCCCCCCCCCCCCCCCCCCCCCCCCC(=O)NC(COC1OC(CO)C(O)C(O)C1O)C(O)/C=C/CCCCCCCCCCCCCCCCCCCCCCCC. The van der Waals surface area contributed by atoms with Crippen molar-refractivity contribution >= 4 is 5.91 Å². The molecule has 0 aromatic carbocycles. The summed E-state index contributed by atoms with van der Waals surface area (Å²) in [4.78, 5) is 13.1. The largest absolute Gasteiger partial charge is 0.394 e. The van der Waals surface area contributed by atoms with Crippen molar-refractivity contribution in [2.24, 2.45) is 0 Å². The summed E-state index contributed by atoms with van der Waals surface area (Å²) >= 11 is 0. The molecule has 484 valence electrons. The third kappa shape index (κ3) is 50.6. The van der Waals surface area contributed by atoms with E-state index >= 15 is 0 Å². The molecule has 1 aliphatic heterocycles. The summed E-state index contributed by atoms with van der Waals surface area (Å²) in [5, 5.41) is 54.8. The lowest BCUT2D eigenvalue weighted by molar-refractivity contribution is -0.302. The molecule has 1 fully saturated rings. The predicted molar refractivity (Wildman–Crippen MR) is 350 cm³/mol. The van der Waals surface area contributed by atoms with Gasteiger partial charge in [0.2, 0.25) is 5.91 Å². The molecule has 1 rings (SSSR count). The van der Waals surface area contributed by atoms with Gasteiger partial charge in [-0.05, 0) is 51.4 Å². The Morgan fingerprint density at radius 1 is 0.415 bits per heavy atom. The number of ether oxygens (including phenoxy) is 2. The highest BCUT2D eigenvalue weighted by atomic mass is 16.7. The second kappa shape index (κ2) is 62.5. The van der Waals surface area contributed by atoms with Crippen LogP contribution < -0.4 is 5.32 Å². The molecule has 0 bridgehead atoms. The molecule has 1 amide bonds. The smallest absolute Gasteiger partial charge is 0.220 e. The first-order chi connectivity index (χ1) is 40.3. The molecule has 7 atom stereocenters. The van der Waals surface area contributed by atoms with Gasteiger partial charge in [0.1, 0.15) is 24.4 Å². The van der Waals surface area contributed by atoms with Crippen LogP contribution in [0.5, 0.6) is 0 Å². The molecule has 82 heavy (non-hydrogen) atoms. The van der Waals surface area contributed by atoms with Gasteiger partial charge in [0.05, 0.1) is 25.4 Å². The maximum Gasteiger partial charge on any atom is 0.220 e. The number of rotatable bonds is 64. The molecule has 0 aromatic heterocycles. The standard InChI is InChI=1S/C73H139NO8/c1-3-5-7-9-11-13-15-17-19-21-23-25-27-29-30-31-32-33-34-35-36-37-38-39-41-43-45-47-49-51-53-55-57-59-61-63-69(77)74-66(65-81-73-72(80)71(79)70(78)68(64-75)82-73)67(76)62-60-58-56-54-52-50-48-46-44-42-40-28-26-24-22-20-18-16-14-12-10-8-6-4-2/h15,17,21,23,60,62,66-68,70-73,75-76,78-80H,3-14,16,18-20,22,24-59,61,63-65H2,1-2H3,(H,74,77)/b17-15-,23-21-,62-60+. The van der Waals surface area contributed by atoms with Gasteiger partial charge in [0, 0.05) is 6.42 Å². The minimum absolute atomic E-state index is 0.169. The van der Waals surface area contributed by atoms with E-state index in [1.54, 1.807) is 6.08 Å². The molecule has 0 radical (unpaired) electrons. The van der Waals surface area contributed by atoms with E-state index < -0.39 is 49.5 Å². The maximum atomic E-state index is 13.1. The van der Waals surface area contributed by atoms with E-state index in [2.05, 4.69) is 43.5 Å². The van der Waals surface area contributed by atoms with E-state index in [0.717, 1.165) is 44.9 Å². The summed E-state index contributed by atoms with van der Waals surface area (Å²) in [6, 6.07) is -0.804. The molecule has 6 N–H and O–H groups in total. The van der Waals surface area contributed by atoms with Crippen LogP contribution in [0.2, 0.25) is 0 Å². The van der Waals surface area contributed by atoms with Crippen molar-refractivity contribution in [1.29, 1.82) is 0 Å². The minimum Gasteiger partial charge on any atom is -0.394 e. The topological polar surface area (TPSA) is 149 Å². The third-order valence-electron chi connectivity index (χ3n) is 17.5. The van der Waals surface area contributed by atoms with Gasteiger partial charge in [-0.1, -0.05) is 346 Å². The number of allylic oxidation sites excluding steroid dienone is 5. The van der Waals surface area contributed by atoms with Crippen LogP contribution in [0.4, 0.5) is 0 Å². The van der Waals surface area contributed by atoms with Gasteiger partial charge < -0.3 is 40.3 Å².